The first-order valence-electron chi connectivity index (χ1n) is 19.0. The molecule has 0 unspecified atom stereocenters. The van der Waals surface area contributed by atoms with Crippen LogP contribution in [0.4, 0.5) is 17.2 Å². The van der Waals surface area contributed by atoms with E-state index >= 15 is 0 Å². The predicted molar refractivity (Wildman–Crippen MR) is 229 cm³/mol. The predicted octanol–water partition coefficient (Wildman–Crippen LogP) is 12.8. The first-order valence-corrected chi connectivity index (χ1v) is 19.0. The van der Waals surface area contributed by atoms with Gasteiger partial charge in [-0.25, -0.2) is 19.9 Å². The van der Waals surface area contributed by atoms with E-state index in [1.807, 2.05) is 103 Å². The van der Waals surface area contributed by atoms with Crippen molar-refractivity contribution in [1.82, 2.24) is 19.9 Å². The van der Waals surface area contributed by atoms with Crippen LogP contribution in [-0.4, -0.2) is 19.9 Å². The second kappa shape index (κ2) is 14.9. The van der Waals surface area contributed by atoms with E-state index in [1.54, 1.807) is 0 Å². The van der Waals surface area contributed by atoms with E-state index in [1.165, 1.54) is 0 Å². The average Bonchev–Trinajstić information content (AvgIpc) is 3.29. The van der Waals surface area contributed by atoms with Gasteiger partial charge in [-0.15, -0.1) is 0 Å². The largest absolute Gasteiger partial charge is 0.453 e. The van der Waals surface area contributed by atoms with Gasteiger partial charge >= 0.3 is 0 Å². The van der Waals surface area contributed by atoms with Crippen molar-refractivity contribution in [2.75, 3.05) is 4.90 Å². The molecule has 0 N–H and O–H groups in total. The molecule has 0 spiro atoms. The van der Waals surface area contributed by atoms with Crippen molar-refractivity contribution in [2.45, 2.75) is 6.42 Å². The third-order valence-corrected chi connectivity index (χ3v) is 10.2. The molecule has 0 amide bonds. The maximum atomic E-state index is 6.42. The van der Waals surface area contributed by atoms with E-state index in [9.17, 15) is 0 Å². The number of anilines is 3. The van der Waals surface area contributed by atoms with Gasteiger partial charge in [0.1, 0.15) is 11.6 Å². The Morgan fingerprint density at radius 2 is 0.807 bits per heavy atom. The van der Waals surface area contributed by atoms with Crippen molar-refractivity contribution in [3.8, 4) is 67.7 Å². The molecule has 3 heterocycles. The van der Waals surface area contributed by atoms with Crippen molar-refractivity contribution in [3.05, 3.63) is 212 Å². The van der Waals surface area contributed by atoms with Crippen molar-refractivity contribution in [1.29, 1.82) is 0 Å². The summed E-state index contributed by atoms with van der Waals surface area (Å²) in [5, 5.41) is 0. The highest BCUT2D eigenvalue weighted by atomic mass is 16.5. The van der Waals surface area contributed by atoms with Crippen LogP contribution in [0.2, 0.25) is 0 Å². The van der Waals surface area contributed by atoms with Gasteiger partial charge in [0.05, 0.1) is 11.4 Å². The first-order chi connectivity index (χ1) is 28.2. The summed E-state index contributed by atoms with van der Waals surface area (Å²) >= 11 is 0. The van der Waals surface area contributed by atoms with E-state index in [0.29, 0.717) is 23.9 Å². The molecule has 0 saturated carbocycles. The van der Waals surface area contributed by atoms with Gasteiger partial charge in [-0.1, -0.05) is 146 Å². The van der Waals surface area contributed by atoms with Gasteiger partial charge in [-0.3, -0.25) is 4.90 Å². The van der Waals surface area contributed by atoms with E-state index in [0.717, 1.165) is 78.8 Å². The Kier molecular flexibility index (Phi) is 8.82. The molecule has 270 valence electrons. The monoisotopic (exact) mass is 733 g/mol. The minimum absolute atomic E-state index is 0.393. The zero-order chi connectivity index (χ0) is 38.0. The zero-order valence-corrected chi connectivity index (χ0v) is 30.9. The molecular weight excluding hydrogens is 699 g/mol. The average molecular weight is 734 g/mol. The molecule has 0 radical (unpaired) electrons. The summed E-state index contributed by atoms with van der Waals surface area (Å²) in [6, 6.07) is 66.4. The van der Waals surface area contributed by atoms with Crippen molar-refractivity contribution < 1.29 is 4.74 Å². The highest BCUT2D eigenvalue weighted by molar-refractivity contribution is 5.87. The number of aromatic nitrogens is 4. The molecule has 2 aromatic heterocycles. The van der Waals surface area contributed by atoms with Crippen LogP contribution < -0.4 is 9.64 Å². The Balaban J connectivity index is 1.18. The van der Waals surface area contributed by atoms with Gasteiger partial charge in [0, 0.05) is 34.9 Å². The summed E-state index contributed by atoms with van der Waals surface area (Å²) in [5.74, 6) is 4.17. The molecule has 10 rings (SSSR count). The standard InChI is InChI=1S/C51H35N5O/c1-5-17-35(18-6-1)39-29-40(36-19-7-2-8-20-36)31-41(30-39)43-32-42(51(52-34-43)56-44-25-13-15-27-46(44)57-47-28-16-14-26-45(47)56)33-48-53-49(37-21-9-3-10-22-37)55-50(54-48)38-23-11-4-12-24-38/h1-32,34H,33H2. The van der Waals surface area contributed by atoms with Gasteiger partial charge in [0.2, 0.25) is 0 Å². The molecule has 6 heteroatoms. The molecule has 9 aromatic rings. The molecule has 0 bridgehead atoms. The maximum absolute atomic E-state index is 6.42. The number of benzene rings is 7. The minimum Gasteiger partial charge on any atom is -0.453 e. The van der Waals surface area contributed by atoms with Crippen LogP contribution in [0.1, 0.15) is 11.4 Å². The molecule has 1 aliphatic heterocycles. The highest BCUT2D eigenvalue weighted by Crippen LogP contribution is 2.50. The number of rotatable bonds is 8. The van der Waals surface area contributed by atoms with Crippen molar-refractivity contribution in [3.63, 3.8) is 0 Å². The second-order valence-electron chi connectivity index (χ2n) is 13.9. The fraction of sp³-hybridized carbons (Fsp3) is 0.0196. The van der Waals surface area contributed by atoms with Gasteiger partial charge < -0.3 is 4.74 Å². The Bertz CT molecular complexity index is 2690. The fourth-order valence-electron chi connectivity index (χ4n) is 7.42. The van der Waals surface area contributed by atoms with Crippen molar-refractivity contribution in [2.24, 2.45) is 0 Å². The molecule has 0 aliphatic carbocycles. The quantitative estimate of drug-likeness (QED) is 0.155. The molecular formula is C51H35N5O. The number of ether oxygens (including phenoxy) is 1. The van der Waals surface area contributed by atoms with Gasteiger partial charge in [-0.05, 0) is 76.3 Å². The van der Waals surface area contributed by atoms with Gasteiger partial charge in [-0.2, -0.15) is 0 Å². The second-order valence-corrected chi connectivity index (χ2v) is 13.9. The summed E-state index contributed by atoms with van der Waals surface area (Å²) in [7, 11) is 0. The maximum Gasteiger partial charge on any atom is 0.163 e. The smallest absolute Gasteiger partial charge is 0.163 e. The molecule has 7 aromatic carbocycles. The summed E-state index contributed by atoms with van der Waals surface area (Å²) in [6.45, 7) is 0. The molecule has 0 atom stereocenters. The summed E-state index contributed by atoms with van der Waals surface area (Å²) < 4.78 is 6.42. The normalized spacial score (nSPS) is 11.7. The zero-order valence-electron chi connectivity index (χ0n) is 30.9. The Labute approximate surface area is 331 Å². The van der Waals surface area contributed by atoms with Crippen LogP contribution in [0.15, 0.2) is 200 Å². The van der Waals surface area contributed by atoms with Crippen LogP contribution in [0.5, 0.6) is 11.5 Å². The van der Waals surface area contributed by atoms with Gasteiger partial charge in [0.25, 0.3) is 0 Å². The summed E-state index contributed by atoms with van der Waals surface area (Å²) in [6.07, 6.45) is 2.38. The summed E-state index contributed by atoms with van der Waals surface area (Å²) in [4.78, 5) is 22.7. The third kappa shape index (κ3) is 6.81. The van der Waals surface area contributed by atoms with E-state index in [-0.39, 0.29) is 0 Å². The van der Waals surface area contributed by atoms with Crippen LogP contribution in [0.25, 0.3) is 56.2 Å². The lowest BCUT2D eigenvalue weighted by molar-refractivity contribution is 0.476. The Morgan fingerprint density at radius 1 is 0.386 bits per heavy atom. The SMILES string of the molecule is c1ccc(-c2cc(-c3ccccc3)cc(-c3cnc(N4c5ccccc5Oc5ccccc54)c(Cc4nc(-c5ccccc5)nc(-c5ccccc5)n4)c3)c2)cc1. The van der Waals surface area contributed by atoms with E-state index in [2.05, 4.69) is 102 Å². The molecule has 6 nitrogen and oxygen atoms in total. The summed E-state index contributed by atoms with van der Waals surface area (Å²) in [5.41, 5.74) is 11.2. The topological polar surface area (TPSA) is 64.0 Å². The van der Waals surface area contributed by atoms with Gasteiger partial charge in [0.15, 0.2) is 23.1 Å². The number of nitrogens with zero attached hydrogens (tertiary/aromatic N) is 5. The Hall–Kier alpha value is -7.70. The minimum atomic E-state index is 0.393. The molecule has 57 heavy (non-hydrogen) atoms. The van der Waals surface area contributed by atoms with E-state index in [4.69, 9.17) is 24.7 Å². The number of hydrogen-bond donors (Lipinski definition) is 0. The lowest BCUT2D eigenvalue weighted by Crippen LogP contribution is -2.19. The number of pyridine rings is 1. The lowest BCUT2D eigenvalue weighted by Gasteiger charge is -2.33. The van der Waals surface area contributed by atoms with Crippen LogP contribution in [0, 0.1) is 0 Å². The lowest BCUT2D eigenvalue weighted by atomic mass is 9.93. The number of hydrogen-bond acceptors (Lipinski definition) is 6. The molecule has 1 aliphatic rings. The third-order valence-electron chi connectivity index (χ3n) is 10.2. The first kappa shape index (κ1) is 33.8. The number of fused-ring (bicyclic) bond motifs is 2. The number of para-hydroxylation sites is 4. The molecule has 0 fully saturated rings. The Morgan fingerprint density at radius 3 is 1.30 bits per heavy atom. The van der Waals surface area contributed by atoms with Crippen LogP contribution in [0.3, 0.4) is 0 Å². The van der Waals surface area contributed by atoms with Crippen LogP contribution >= 0.6 is 0 Å². The van der Waals surface area contributed by atoms with Crippen molar-refractivity contribution >= 4 is 17.2 Å². The highest BCUT2D eigenvalue weighted by Gasteiger charge is 2.29. The molecule has 0 saturated heterocycles. The van der Waals surface area contributed by atoms with Crippen LogP contribution in [-0.2, 0) is 6.42 Å². The fourth-order valence-corrected chi connectivity index (χ4v) is 7.42. The van der Waals surface area contributed by atoms with E-state index < -0.39 is 0 Å².